The minimum atomic E-state index is -0.596. The van der Waals surface area contributed by atoms with Crippen molar-refractivity contribution in [1.82, 2.24) is 0 Å². The predicted octanol–water partition coefficient (Wildman–Crippen LogP) is 3.27. The van der Waals surface area contributed by atoms with Gasteiger partial charge in [0.1, 0.15) is 0 Å². The average molecular weight is 307 g/mol. The van der Waals surface area contributed by atoms with Crippen LogP contribution in [0.1, 0.15) is 0 Å². The largest absolute Gasteiger partial charge is 0.477 e. The first-order chi connectivity index (χ1) is 10.1. The third-order valence-electron chi connectivity index (χ3n) is 2.53. The van der Waals surface area contributed by atoms with Crippen molar-refractivity contribution in [2.24, 2.45) is 0 Å². The summed E-state index contributed by atoms with van der Waals surface area (Å²) in [5, 5.41) is 13.8. The van der Waals surface area contributed by atoms with E-state index in [1.54, 1.807) is 24.3 Å². The predicted molar refractivity (Wildman–Crippen MR) is 78.7 cm³/mol. The van der Waals surface area contributed by atoms with Gasteiger partial charge in [0.25, 0.3) is 5.91 Å². The number of nitrogens with zero attached hydrogens (tertiary/aromatic N) is 1. The molecule has 0 atom stereocenters. The van der Waals surface area contributed by atoms with Crippen LogP contribution in [-0.4, -0.2) is 17.4 Å². The zero-order valence-electron chi connectivity index (χ0n) is 10.8. The minimum Gasteiger partial charge on any atom is -0.477 e. The molecule has 0 saturated carbocycles. The third kappa shape index (κ3) is 4.19. The number of rotatable bonds is 5. The fraction of sp³-hybridized carbons (Fsp3) is 0.0714. The van der Waals surface area contributed by atoms with Gasteiger partial charge in [0, 0.05) is 22.8 Å². The van der Waals surface area contributed by atoms with E-state index in [0.29, 0.717) is 10.7 Å². The summed E-state index contributed by atoms with van der Waals surface area (Å²) < 4.78 is 5.18. The Bertz CT molecular complexity index is 661. The SMILES string of the molecule is O=C(COc1cc(Cl)ccc1[N+](=O)[O-])Nc1ccccc1. The maximum atomic E-state index is 11.7. The van der Waals surface area contributed by atoms with Gasteiger partial charge in [-0.2, -0.15) is 0 Å². The third-order valence-corrected chi connectivity index (χ3v) is 2.77. The van der Waals surface area contributed by atoms with Crippen molar-refractivity contribution < 1.29 is 14.5 Å². The van der Waals surface area contributed by atoms with E-state index < -0.39 is 10.8 Å². The molecule has 0 aliphatic rings. The van der Waals surface area contributed by atoms with E-state index in [-0.39, 0.29) is 18.0 Å². The summed E-state index contributed by atoms with van der Waals surface area (Å²) in [4.78, 5) is 22.0. The standard InChI is InChI=1S/C14H11ClN2O4/c15-10-6-7-12(17(19)20)13(8-10)21-9-14(18)16-11-4-2-1-3-5-11/h1-8H,9H2,(H,16,18). The van der Waals surface area contributed by atoms with Gasteiger partial charge in [-0.1, -0.05) is 29.8 Å². The first-order valence-corrected chi connectivity index (χ1v) is 6.35. The molecule has 2 aromatic carbocycles. The van der Waals surface area contributed by atoms with Gasteiger partial charge in [-0.15, -0.1) is 0 Å². The van der Waals surface area contributed by atoms with Gasteiger partial charge >= 0.3 is 5.69 Å². The molecule has 21 heavy (non-hydrogen) atoms. The summed E-state index contributed by atoms with van der Waals surface area (Å²) in [6.45, 7) is -0.351. The number of ether oxygens (including phenoxy) is 1. The molecule has 0 heterocycles. The number of anilines is 1. The maximum Gasteiger partial charge on any atom is 0.311 e. The molecule has 7 heteroatoms. The Morgan fingerprint density at radius 2 is 1.95 bits per heavy atom. The van der Waals surface area contributed by atoms with Crippen molar-refractivity contribution in [3.8, 4) is 5.75 Å². The lowest BCUT2D eigenvalue weighted by molar-refractivity contribution is -0.385. The number of carbonyl (C=O) groups is 1. The molecule has 0 fully saturated rings. The van der Waals surface area contributed by atoms with E-state index in [2.05, 4.69) is 5.32 Å². The van der Waals surface area contributed by atoms with Crippen LogP contribution in [0.5, 0.6) is 5.75 Å². The summed E-state index contributed by atoms with van der Waals surface area (Å²) in [5.41, 5.74) is 0.374. The molecule has 0 aromatic heterocycles. The minimum absolute atomic E-state index is 0.0456. The molecule has 108 valence electrons. The van der Waals surface area contributed by atoms with Gasteiger partial charge in [-0.3, -0.25) is 14.9 Å². The zero-order valence-corrected chi connectivity index (χ0v) is 11.5. The van der Waals surface area contributed by atoms with Crippen molar-refractivity contribution in [2.75, 3.05) is 11.9 Å². The molecule has 0 saturated heterocycles. The molecule has 0 bridgehead atoms. The van der Waals surface area contributed by atoms with Crippen LogP contribution in [0.15, 0.2) is 48.5 Å². The zero-order chi connectivity index (χ0) is 15.2. The van der Waals surface area contributed by atoms with Crippen LogP contribution in [-0.2, 0) is 4.79 Å². The van der Waals surface area contributed by atoms with Crippen LogP contribution in [0.4, 0.5) is 11.4 Å². The van der Waals surface area contributed by atoms with Crippen molar-refractivity contribution >= 4 is 28.9 Å². The maximum absolute atomic E-state index is 11.7. The van der Waals surface area contributed by atoms with Crippen LogP contribution < -0.4 is 10.1 Å². The number of hydrogen-bond donors (Lipinski definition) is 1. The van der Waals surface area contributed by atoms with Crippen LogP contribution >= 0.6 is 11.6 Å². The van der Waals surface area contributed by atoms with E-state index in [0.717, 1.165) is 0 Å². The van der Waals surface area contributed by atoms with Crippen LogP contribution in [0.3, 0.4) is 0 Å². The Morgan fingerprint density at radius 1 is 1.24 bits per heavy atom. The number of hydrogen-bond acceptors (Lipinski definition) is 4. The summed E-state index contributed by atoms with van der Waals surface area (Å²) >= 11 is 5.76. The summed E-state index contributed by atoms with van der Waals surface area (Å²) in [6, 6.07) is 12.7. The first-order valence-electron chi connectivity index (χ1n) is 5.98. The van der Waals surface area contributed by atoms with E-state index in [1.807, 2.05) is 6.07 Å². The lowest BCUT2D eigenvalue weighted by atomic mass is 10.3. The fourth-order valence-corrected chi connectivity index (χ4v) is 1.78. The molecule has 1 N–H and O–H groups in total. The lowest BCUT2D eigenvalue weighted by Crippen LogP contribution is -2.20. The quantitative estimate of drug-likeness (QED) is 0.679. The summed E-state index contributed by atoms with van der Waals surface area (Å²) in [5.74, 6) is -0.466. The summed E-state index contributed by atoms with van der Waals surface area (Å²) in [6.07, 6.45) is 0. The summed E-state index contributed by atoms with van der Waals surface area (Å²) in [7, 11) is 0. The Balaban J connectivity index is 2.01. The topological polar surface area (TPSA) is 81.5 Å². The van der Waals surface area contributed by atoms with Gasteiger partial charge < -0.3 is 10.1 Å². The smallest absolute Gasteiger partial charge is 0.311 e. The molecule has 1 amide bonds. The van der Waals surface area contributed by atoms with Crippen LogP contribution in [0.25, 0.3) is 0 Å². The van der Waals surface area contributed by atoms with Crippen molar-refractivity contribution in [2.45, 2.75) is 0 Å². The van der Waals surface area contributed by atoms with E-state index in [1.165, 1.54) is 18.2 Å². The second-order valence-electron chi connectivity index (χ2n) is 4.07. The Morgan fingerprint density at radius 3 is 2.62 bits per heavy atom. The molecule has 0 aliphatic heterocycles. The lowest BCUT2D eigenvalue weighted by Gasteiger charge is -2.08. The first kappa shape index (κ1) is 14.8. The molecule has 0 unspecified atom stereocenters. The van der Waals surface area contributed by atoms with Gasteiger partial charge in [0.2, 0.25) is 0 Å². The number of halogens is 1. The molecule has 0 spiro atoms. The fourth-order valence-electron chi connectivity index (χ4n) is 1.62. The van der Waals surface area contributed by atoms with E-state index in [9.17, 15) is 14.9 Å². The Kier molecular flexibility index (Phi) is 4.73. The van der Waals surface area contributed by atoms with Crippen molar-refractivity contribution in [1.29, 1.82) is 0 Å². The highest BCUT2D eigenvalue weighted by Crippen LogP contribution is 2.29. The van der Waals surface area contributed by atoms with Crippen LogP contribution in [0, 0.1) is 10.1 Å². The van der Waals surface area contributed by atoms with E-state index in [4.69, 9.17) is 16.3 Å². The van der Waals surface area contributed by atoms with Gasteiger partial charge in [0.05, 0.1) is 4.92 Å². The molecule has 2 rings (SSSR count). The molecular formula is C14H11ClN2O4. The Labute approximate surface area is 125 Å². The molecular weight excluding hydrogens is 296 g/mol. The number of amides is 1. The molecule has 2 aromatic rings. The monoisotopic (exact) mass is 306 g/mol. The van der Waals surface area contributed by atoms with Gasteiger partial charge in [-0.05, 0) is 18.2 Å². The van der Waals surface area contributed by atoms with Crippen molar-refractivity contribution in [3.63, 3.8) is 0 Å². The van der Waals surface area contributed by atoms with Crippen molar-refractivity contribution in [3.05, 3.63) is 63.7 Å². The highest BCUT2D eigenvalue weighted by Gasteiger charge is 2.16. The van der Waals surface area contributed by atoms with Gasteiger partial charge in [-0.25, -0.2) is 0 Å². The second-order valence-corrected chi connectivity index (χ2v) is 4.51. The number of para-hydroxylation sites is 1. The normalized spacial score (nSPS) is 9.95. The second kappa shape index (κ2) is 6.71. The number of nitro groups is 1. The highest BCUT2D eigenvalue weighted by atomic mass is 35.5. The van der Waals surface area contributed by atoms with Gasteiger partial charge in [0.15, 0.2) is 12.4 Å². The number of carbonyl (C=O) groups excluding carboxylic acids is 1. The van der Waals surface area contributed by atoms with Crippen LogP contribution in [0.2, 0.25) is 5.02 Å². The van der Waals surface area contributed by atoms with E-state index >= 15 is 0 Å². The Hall–Kier alpha value is -2.60. The number of nitrogens with one attached hydrogen (secondary N) is 1. The molecule has 6 nitrogen and oxygen atoms in total. The average Bonchev–Trinajstić information content (AvgIpc) is 2.46. The number of nitro benzene ring substituents is 1. The highest BCUT2D eigenvalue weighted by molar-refractivity contribution is 6.30. The molecule has 0 radical (unpaired) electrons. The molecule has 0 aliphatic carbocycles. The number of benzene rings is 2.